The van der Waals surface area contributed by atoms with Crippen LogP contribution in [0.3, 0.4) is 0 Å². The van der Waals surface area contributed by atoms with E-state index in [1.165, 1.54) is 0 Å². The van der Waals surface area contributed by atoms with Gasteiger partial charge >= 0.3 is 0 Å². The molecule has 3 heteroatoms. The third-order valence-electron chi connectivity index (χ3n) is 1.67. The lowest BCUT2D eigenvalue weighted by Gasteiger charge is -2.09. The summed E-state index contributed by atoms with van der Waals surface area (Å²) in [5.41, 5.74) is 1.59. The number of aromatic nitrogens is 1. The number of aryl methyl sites for hydroxylation is 1. The van der Waals surface area contributed by atoms with E-state index in [-0.39, 0.29) is 0 Å². The SMILES string of the molecule is Cc1cc(NC(C)C)ncc1C#N. The molecule has 1 heterocycles. The third-order valence-corrected chi connectivity index (χ3v) is 1.67. The highest BCUT2D eigenvalue weighted by Gasteiger charge is 2.00. The average Bonchev–Trinajstić information content (AvgIpc) is 2.03. The first-order valence-electron chi connectivity index (χ1n) is 4.26. The van der Waals surface area contributed by atoms with Gasteiger partial charge in [0.15, 0.2) is 0 Å². The van der Waals surface area contributed by atoms with E-state index >= 15 is 0 Å². The summed E-state index contributed by atoms with van der Waals surface area (Å²) in [6.07, 6.45) is 1.60. The number of nitrogens with zero attached hydrogens (tertiary/aromatic N) is 2. The first kappa shape index (κ1) is 9.53. The Morgan fingerprint density at radius 1 is 1.54 bits per heavy atom. The Kier molecular flexibility index (Phi) is 2.86. The number of hydrogen-bond acceptors (Lipinski definition) is 3. The van der Waals surface area contributed by atoms with Crippen molar-refractivity contribution in [2.75, 3.05) is 5.32 Å². The Labute approximate surface area is 78.4 Å². The molecule has 1 N–H and O–H groups in total. The molecule has 0 aliphatic rings. The van der Waals surface area contributed by atoms with Gasteiger partial charge in [-0.05, 0) is 32.4 Å². The second-order valence-corrected chi connectivity index (χ2v) is 3.30. The smallest absolute Gasteiger partial charge is 0.126 e. The van der Waals surface area contributed by atoms with Crippen LogP contribution in [0, 0.1) is 18.3 Å². The van der Waals surface area contributed by atoms with E-state index in [0.29, 0.717) is 11.6 Å². The molecular formula is C10H13N3. The van der Waals surface area contributed by atoms with Crippen LogP contribution < -0.4 is 5.32 Å². The largest absolute Gasteiger partial charge is 0.368 e. The highest BCUT2D eigenvalue weighted by Crippen LogP contribution is 2.11. The standard InChI is InChI=1S/C10H13N3/c1-7(2)13-10-4-8(3)9(5-11)6-12-10/h4,6-7H,1-3H3,(H,12,13). The fourth-order valence-electron chi connectivity index (χ4n) is 1.05. The van der Waals surface area contributed by atoms with E-state index < -0.39 is 0 Å². The molecule has 0 aromatic carbocycles. The summed E-state index contributed by atoms with van der Waals surface area (Å²) in [4.78, 5) is 4.12. The Hall–Kier alpha value is -1.56. The van der Waals surface area contributed by atoms with Crippen molar-refractivity contribution in [2.24, 2.45) is 0 Å². The van der Waals surface area contributed by atoms with Gasteiger partial charge in [0.25, 0.3) is 0 Å². The van der Waals surface area contributed by atoms with Gasteiger partial charge in [0.2, 0.25) is 0 Å². The molecule has 0 spiro atoms. The van der Waals surface area contributed by atoms with Crippen molar-refractivity contribution in [2.45, 2.75) is 26.8 Å². The molecule has 0 fully saturated rings. The van der Waals surface area contributed by atoms with Gasteiger partial charge in [-0.3, -0.25) is 0 Å². The summed E-state index contributed by atoms with van der Waals surface area (Å²) in [5, 5.41) is 11.9. The van der Waals surface area contributed by atoms with Crippen LogP contribution in [0.1, 0.15) is 25.0 Å². The summed E-state index contributed by atoms with van der Waals surface area (Å²) in [6, 6.07) is 4.33. The van der Waals surface area contributed by atoms with Crippen LogP contribution in [0.25, 0.3) is 0 Å². The lowest BCUT2D eigenvalue weighted by Crippen LogP contribution is -2.11. The van der Waals surface area contributed by atoms with Crippen molar-refractivity contribution in [3.63, 3.8) is 0 Å². The maximum absolute atomic E-state index is 8.68. The van der Waals surface area contributed by atoms with E-state index in [4.69, 9.17) is 5.26 Å². The molecule has 0 unspecified atom stereocenters. The second-order valence-electron chi connectivity index (χ2n) is 3.30. The highest BCUT2D eigenvalue weighted by atomic mass is 15.0. The molecule has 0 amide bonds. The van der Waals surface area contributed by atoms with Crippen LogP contribution in [-0.2, 0) is 0 Å². The van der Waals surface area contributed by atoms with E-state index in [1.807, 2.05) is 13.0 Å². The Balaban J connectivity index is 2.91. The monoisotopic (exact) mass is 175 g/mol. The van der Waals surface area contributed by atoms with Crippen LogP contribution in [0.2, 0.25) is 0 Å². The summed E-state index contributed by atoms with van der Waals surface area (Å²) in [7, 11) is 0. The molecule has 1 aromatic heterocycles. The van der Waals surface area contributed by atoms with Crippen LogP contribution in [0.5, 0.6) is 0 Å². The van der Waals surface area contributed by atoms with Crippen LogP contribution in [-0.4, -0.2) is 11.0 Å². The zero-order valence-electron chi connectivity index (χ0n) is 8.13. The fraction of sp³-hybridized carbons (Fsp3) is 0.400. The highest BCUT2D eigenvalue weighted by molar-refractivity contribution is 5.45. The minimum Gasteiger partial charge on any atom is -0.368 e. The molecule has 1 aromatic rings. The number of anilines is 1. The number of hydrogen-bond donors (Lipinski definition) is 1. The predicted octanol–water partition coefficient (Wildman–Crippen LogP) is 2.08. The van der Waals surface area contributed by atoms with Crippen molar-refractivity contribution in [1.29, 1.82) is 5.26 Å². The maximum Gasteiger partial charge on any atom is 0.126 e. The Morgan fingerprint density at radius 3 is 2.69 bits per heavy atom. The topological polar surface area (TPSA) is 48.7 Å². The lowest BCUT2D eigenvalue weighted by atomic mass is 10.2. The van der Waals surface area contributed by atoms with Gasteiger partial charge in [0, 0.05) is 12.2 Å². The number of nitriles is 1. The Morgan fingerprint density at radius 2 is 2.23 bits per heavy atom. The lowest BCUT2D eigenvalue weighted by molar-refractivity contribution is 0.888. The third kappa shape index (κ3) is 2.45. The van der Waals surface area contributed by atoms with Gasteiger partial charge < -0.3 is 5.32 Å². The van der Waals surface area contributed by atoms with Crippen molar-refractivity contribution < 1.29 is 0 Å². The van der Waals surface area contributed by atoms with E-state index in [2.05, 4.69) is 30.2 Å². The average molecular weight is 175 g/mol. The zero-order chi connectivity index (χ0) is 9.84. The molecule has 68 valence electrons. The van der Waals surface area contributed by atoms with Gasteiger partial charge in [-0.2, -0.15) is 5.26 Å². The minimum absolute atomic E-state index is 0.361. The van der Waals surface area contributed by atoms with E-state index in [9.17, 15) is 0 Å². The summed E-state index contributed by atoms with van der Waals surface area (Å²) < 4.78 is 0. The Bertz CT molecular complexity index is 337. The molecule has 13 heavy (non-hydrogen) atoms. The molecule has 3 nitrogen and oxygen atoms in total. The number of pyridine rings is 1. The molecule has 0 aliphatic heterocycles. The fourth-order valence-corrected chi connectivity index (χ4v) is 1.05. The normalized spacial score (nSPS) is 9.77. The molecule has 0 bridgehead atoms. The molecule has 0 saturated heterocycles. The molecular weight excluding hydrogens is 162 g/mol. The van der Waals surface area contributed by atoms with Crippen molar-refractivity contribution >= 4 is 5.82 Å². The van der Waals surface area contributed by atoms with E-state index in [1.54, 1.807) is 6.20 Å². The van der Waals surface area contributed by atoms with Gasteiger partial charge in [-0.15, -0.1) is 0 Å². The predicted molar refractivity (Wildman–Crippen MR) is 52.4 cm³/mol. The van der Waals surface area contributed by atoms with Crippen LogP contribution in [0.4, 0.5) is 5.82 Å². The van der Waals surface area contributed by atoms with Gasteiger partial charge in [-0.25, -0.2) is 4.98 Å². The van der Waals surface area contributed by atoms with Crippen LogP contribution >= 0.6 is 0 Å². The molecule has 0 atom stereocenters. The van der Waals surface area contributed by atoms with Gasteiger partial charge in [0.05, 0.1) is 5.56 Å². The van der Waals surface area contributed by atoms with Crippen molar-refractivity contribution in [3.8, 4) is 6.07 Å². The zero-order valence-corrected chi connectivity index (χ0v) is 8.13. The van der Waals surface area contributed by atoms with Gasteiger partial charge in [-0.1, -0.05) is 0 Å². The molecule has 0 saturated carbocycles. The first-order valence-corrected chi connectivity index (χ1v) is 4.26. The summed E-state index contributed by atoms with van der Waals surface area (Å²) in [6.45, 7) is 6.01. The first-order chi connectivity index (χ1) is 6.13. The molecule has 0 aliphatic carbocycles. The van der Waals surface area contributed by atoms with Crippen molar-refractivity contribution in [1.82, 2.24) is 4.98 Å². The quantitative estimate of drug-likeness (QED) is 0.748. The van der Waals surface area contributed by atoms with Crippen molar-refractivity contribution in [3.05, 3.63) is 23.4 Å². The molecule has 0 radical (unpaired) electrons. The minimum atomic E-state index is 0.361. The molecule has 1 rings (SSSR count). The summed E-state index contributed by atoms with van der Waals surface area (Å²) in [5.74, 6) is 0.825. The number of rotatable bonds is 2. The second kappa shape index (κ2) is 3.90. The van der Waals surface area contributed by atoms with E-state index in [0.717, 1.165) is 11.4 Å². The van der Waals surface area contributed by atoms with Crippen LogP contribution in [0.15, 0.2) is 12.3 Å². The maximum atomic E-state index is 8.68. The summed E-state index contributed by atoms with van der Waals surface area (Å²) >= 11 is 0. The van der Waals surface area contributed by atoms with Gasteiger partial charge in [0.1, 0.15) is 11.9 Å². The number of nitrogens with one attached hydrogen (secondary N) is 1.